The van der Waals surface area contributed by atoms with Gasteiger partial charge in [-0.15, -0.1) is 0 Å². The van der Waals surface area contributed by atoms with E-state index in [4.69, 9.17) is 21.4 Å². The second-order valence-electron chi connectivity index (χ2n) is 6.93. The van der Waals surface area contributed by atoms with Crippen molar-refractivity contribution in [2.45, 2.75) is 18.9 Å². The molecule has 5 nitrogen and oxygen atoms in total. The van der Waals surface area contributed by atoms with Crippen LogP contribution in [-0.4, -0.2) is 34.9 Å². The Bertz CT molecular complexity index is 991. The van der Waals surface area contributed by atoms with Crippen molar-refractivity contribution in [2.24, 2.45) is 0 Å². The molecule has 1 saturated heterocycles. The molecule has 0 spiro atoms. The van der Waals surface area contributed by atoms with E-state index in [9.17, 15) is 4.79 Å². The van der Waals surface area contributed by atoms with Gasteiger partial charge in [0.25, 0.3) is 0 Å². The molecule has 29 heavy (non-hydrogen) atoms. The fourth-order valence-corrected chi connectivity index (χ4v) is 3.42. The maximum Gasteiger partial charge on any atom is 0.244 e. The minimum absolute atomic E-state index is 0.123. The zero-order valence-corrected chi connectivity index (χ0v) is 16.7. The summed E-state index contributed by atoms with van der Waals surface area (Å²) in [6, 6.07) is 17.4. The fourth-order valence-electron chi connectivity index (χ4n) is 3.30. The predicted octanol–water partition coefficient (Wildman–Crippen LogP) is 4.50. The first-order valence-electron chi connectivity index (χ1n) is 9.67. The Hall–Kier alpha value is -2.89. The summed E-state index contributed by atoms with van der Waals surface area (Å²) in [5.74, 6) is -0.144. The summed E-state index contributed by atoms with van der Waals surface area (Å²) < 4.78 is 7.36. The summed E-state index contributed by atoms with van der Waals surface area (Å²) in [5, 5.41) is 8.31. The molecule has 1 fully saturated rings. The summed E-state index contributed by atoms with van der Waals surface area (Å²) in [7, 11) is 0. The topological polar surface area (TPSA) is 56.2 Å². The van der Waals surface area contributed by atoms with Gasteiger partial charge in [-0.3, -0.25) is 4.79 Å². The molecule has 1 N–H and O–H groups in total. The number of nitrogens with one attached hydrogen (secondary N) is 1. The summed E-state index contributed by atoms with van der Waals surface area (Å²) in [6.45, 7) is 1.32. The van der Waals surface area contributed by atoms with Crippen LogP contribution < -0.4 is 5.32 Å². The number of halogens is 1. The average Bonchev–Trinajstić information content (AvgIpc) is 3.42. The van der Waals surface area contributed by atoms with Gasteiger partial charge in [0.15, 0.2) is 0 Å². The number of nitrogens with zero attached hydrogens (tertiary/aromatic N) is 2. The van der Waals surface area contributed by atoms with Crippen molar-refractivity contribution in [1.82, 2.24) is 15.1 Å². The van der Waals surface area contributed by atoms with Gasteiger partial charge in [-0.05, 0) is 43.2 Å². The van der Waals surface area contributed by atoms with Crippen molar-refractivity contribution in [3.8, 4) is 16.9 Å². The van der Waals surface area contributed by atoms with Gasteiger partial charge in [-0.2, -0.15) is 5.10 Å². The van der Waals surface area contributed by atoms with Crippen LogP contribution in [0.1, 0.15) is 18.4 Å². The number of carbonyl (C=O) groups excluding carboxylic acids is 1. The van der Waals surface area contributed by atoms with E-state index < -0.39 is 0 Å². The highest BCUT2D eigenvalue weighted by Crippen LogP contribution is 2.26. The van der Waals surface area contributed by atoms with Gasteiger partial charge in [-0.1, -0.05) is 41.9 Å². The third-order valence-electron chi connectivity index (χ3n) is 4.82. The molecule has 0 bridgehead atoms. The molecule has 148 valence electrons. The molecule has 3 aromatic rings. The van der Waals surface area contributed by atoms with E-state index in [0.717, 1.165) is 42.0 Å². The number of benzene rings is 2. The Morgan fingerprint density at radius 3 is 2.72 bits per heavy atom. The molecule has 0 saturated carbocycles. The lowest BCUT2D eigenvalue weighted by Gasteiger charge is -2.08. The number of ether oxygens (including phenoxy) is 1. The molecular weight excluding hydrogens is 386 g/mol. The third-order valence-corrected chi connectivity index (χ3v) is 5.08. The predicted molar refractivity (Wildman–Crippen MR) is 115 cm³/mol. The minimum Gasteiger partial charge on any atom is -0.376 e. The van der Waals surface area contributed by atoms with Gasteiger partial charge >= 0.3 is 0 Å². The van der Waals surface area contributed by atoms with Crippen LogP contribution in [0.3, 0.4) is 0 Å². The van der Waals surface area contributed by atoms with Crippen molar-refractivity contribution in [1.29, 1.82) is 0 Å². The zero-order valence-electron chi connectivity index (χ0n) is 15.9. The highest BCUT2D eigenvalue weighted by molar-refractivity contribution is 6.30. The van der Waals surface area contributed by atoms with E-state index in [2.05, 4.69) is 5.32 Å². The maximum atomic E-state index is 12.2. The molecule has 1 aliphatic heterocycles. The van der Waals surface area contributed by atoms with E-state index in [1.165, 1.54) is 0 Å². The number of hydrogen-bond donors (Lipinski definition) is 1. The van der Waals surface area contributed by atoms with Gasteiger partial charge in [0, 0.05) is 41.6 Å². The molecule has 4 rings (SSSR count). The highest BCUT2D eigenvalue weighted by Gasteiger charge is 2.16. The van der Waals surface area contributed by atoms with Crippen molar-refractivity contribution in [2.75, 3.05) is 13.2 Å². The van der Waals surface area contributed by atoms with Crippen molar-refractivity contribution >= 4 is 23.6 Å². The van der Waals surface area contributed by atoms with Crippen molar-refractivity contribution in [3.63, 3.8) is 0 Å². The van der Waals surface area contributed by atoms with Crippen molar-refractivity contribution in [3.05, 3.63) is 77.5 Å². The first kappa shape index (κ1) is 19.4. The van der Waals surface area contributed by atoms with Gasteiger partial charge < -0.3 is 10.1 Å². The van der Waals surface area contributed by atoms with Crippen LogP contribution in [0, 0.1) is 0 Å². The molecule has 0 aliphatic carbocycles. The molecule has 1 aliphatic rings. The second-order valence-corrected chi connectivity index (χ2v) is 7.37. The van der Waals surface area contributed by atoms with Crippen LogP contribution in [0.2, 0.25) is 5.02 Å². The lowest BCUT2D eigenvalue weighted by molar-refractivity contribution is -0.116. The molecule has 1 aromatic heterocycles. The Morgan fingerprint density at radius 2 is 2.00 bits per heavy atom. The second kappa shape index (κ2) is 9.07. The number of para-hydroxylation sites is 1. The van der Waals surface area contributed by atoms with Crippen LogP contribution in [-0.2, 0) is 9.53 Å². The van der Waals surface area contributed by atoms with Gasteiger partial charge in [0.2, 0.25) is 5.91 Å². The smallest absolute Gasteiger partial charge is 0.244 e. The summed E-state index contributed by atoms with van der Waals surface area (Å²) in [6.07, 6.45) is 7.43. The number of rotatable bonds is 6. The SMILES string of the molecule is O=C(/C=C/c1cn(-c2ccccc2)nc1-c1ccc(Cl)cc1)NCC1CCCO1. The molecule has 0 radical (unpaired) electrons. The first-order chi connectivity index (χ1) is 14.2. The Labute approximate surface area is 175 Å². The molecule has 1 unspecified atom stereocenters. The zero-order chi connectivity index (χ0) is 20.1. The average molecular weight is 408 g/mol. The third kappa shape index (κ3) is 4.94. The number of carbonyl (C=O) groups is 1. The summed E-state index contributed by atoms with van der Waals surface area (Å²) >= 11 is 6.03. The standard InChI is InChI=1S/C23H22ClN3O2/c24-19-11-8-17(9-12-19)23-18(16-27(26-23)20-5-2-1-3-6-20)10-13-22(28)25-15-21-7-4-14-29-21/h1-3,5-6,8-13,16,21H,4,7,14-15H2,(H,25,28)/b13-10+. The van der Waals surface area contributed by atoms with E-state index in [-0.39, 0.29) is 12.0 Å². The lowest BCUT2D eigenvalue weighted by atomic mass is 10.1. The fraction of sp³-hybridized carbons (Fsp3) is 0.217. The van der Waals surface area contributed by atoms with Gasteiger partial charge in [0.1, 0.15) is 0 Å². The minimum atomic E-state index is -0.144. The summed E-state index contributed by atoms with van der Waals surface area (Å²) in [5.41, 5.74) is 3.52. The van der Waals surface area contributed by atoms with Crippen LogP contribution in [0.25, 0.3) is 23.0 Å². The molecule has 1 atom stereocenters. The Morgan fingerprint density at radius 1 is 1.21 bits per heavy atom. The molecule has 2 aromatic carbocycles. The molecule has 1 amide bonds. The van der Waals surface area contributed by atoms with E-state index >= 15 is 0 Å². The maximum absolute atomic E-state index is 12.2. The lowest BCUT2D eigenvalue weighted by Crippen LogP contribution is -2.30. The van der Waals surface area contributed by atoms with E-state index in [1.54, 1.807) is 12.2 Å². The molecular formula is C23H22ClN3O2. The van der Waals surface area contributed by atoms with Crippen molar-refractivity contribution < 1.29 is 9.53 Å². The molecule has 6 heteroatoms. The first-order valence-corrected chi connectivity index (χ1v) is 10.1. The molecule has 2 heterocycles. The van der Waals surface area contributed by atoms with Crippen LogP contribution in [0.4, 0.5) is 0 Å². The summed E-state index contributed by atoms with van der Waals surface area (Å²) in [4.78, 5) is 12.2. The normalized spacial score (nSPS) is 16.4. The Balaban J connectivity index is 1.57. The highest BCUT2D eigenvalue weighted by atomic mass is 35.5. The van der Waals surface area contributed by atoms with E-state index in [1.807, 2.05) is 65.5 Å². The monoisotopic (exact) mass is 407 g/mol. The van der Waals surface area contributed by atoms with Crippen LogP contribution in [0.5, 0.6) is 0 Å². The van der Waals surface area contributed by atoms with Crippen LogP contribution >= 0.6 is 11.6 Å². The number of amides is 1. The largest absolute Gasteiger partial charge is 0.376 e. The quantitative estimate of drug-likeness (QED) is 0.612. The van der Waals surface area contributed by atoms with Gasteiger partial charge in [-0.25, -0.2) is 4.68 Å². The Kier molecular flexibility index (Phi) is 6.08. The number of hydrogen-bond acceptors (Lipinski definition) is 3. The van der Waals surface area contributed by atoms with Gasteiger partial charge in [0.05, 0.1) is 17.5 Å². The number of aromatic nitrogens is 2. The van der Waals surface area contributed by atoms with E-state index in [0.29, 0.717) is 11.6 Å². The van der Waals surface area contributed by atoms with Crippen LogP contribution in [0.15, 0.2) is 66.9 Å².